The molecule has 0 aliphatic carbocycles. The van der Waals surface area contributed by atoms with Crippen molar-refractivity contribution in [1.82, 2.24) is 0 Å². The van der Waals surface area contributed by atoms with E-state index in [4.69, 9.17) is 5.73 Å². The number of rotatable bonds is 2. The summed E-state index contributed by atoms with van der Waals surface area (Å²) in [6.45, 7) is 0. The maximum absolute atomic E-state index is 12.9. The Kier molecular flexibility index (Phi) is 3.62. The molecule has 0 atom stereocenters. The molecule has 0 aliphatic rings. The zero-order valence-electron chi connectivity index (χ0n) is 9.28. The van der Waals surface area contributed by atoms with Crippen molar-refractivity contribution in [3.63, 3.8) is 0 Å². The first-order valence-electron chi connectivity index (χ1n) is 5.19. The monoisotopic (exact) mass is 308 g/mol. The molecule has 3 nitrogen and oxygen atoms in total. The number of hydrogen-bond acceptors (Lipinski definition) is 2. The predicted molar refractivity (Wildman–Crippen MR) is 72.9 cm³/mol. The van der Waals surface area contributed by atoms with E-state index in [-0.39, 0.29) is 11.7 Å². The molecule has 0 heterocycles. The number of anilines is 2. The molecule has 18 heavy (non-hydrogen) atoms. The largest absolute Gasteiger partial charge is 0.398 e. The van der Waals surface area contributed by atoms with Gasteiger partial charge >= 0.3 is 0 Å². The third kappa shape index (κ3) is 2.68. The van der Waals surface area contributed by atoms with Crippen molar-refractivity contribution in [2.75, 3.05) is 11.1 Å². The number of nitrogens with two attached hydrogens (primary N) is 1. The Labute approximate surface area is 112 Å². The minimum Gasteiger partial charge on any atom is -0.398 e. The van der Waals surface area contributed by atoms with Crippen molar-refractivity contribution in [1.29, 1.82) is 0 Å². The minimum absolute atomic E-state index is 0.333. The van der Waals surface area contributed by atoms with Crippen LogP contribution in [0, 0.1) is 5.82 Å². The predicted octanol–water partition coefficient (Wildman–Crippen LogP) is 3.42. The summed E-state index contributed by atoms with van der Waals surface area (Å²) in [5.74, 6) is -0.709. The molecule has 0 unspecified atom stereocenters. The summed E-state index contributed by atoms with van der Waals surface area (Å²) in [6.07, 6.45) is 0. The number of para-hydroxylation sites is 1. The summed E-state index contributed by atoms with van der Waals surface area (Å²) in [4.78, 5) is 12.0. The highest BCUT2D eigenvalue weighted by Crippen LogP contribution is 2.24. The highest BCUT2D eigenvalue weighted by Gasteiger charge is 2.11. The normalized spacial score (nSPS) is 10.1. The molecule has 1 amide bonds. The molecule has 0 saturated heterocycles. The molecular weight excluding hydrogens is 299 g/mol. The number of amides is 1. The van der Waals surface area contributed by atoms with Crippen LogP contribution in [0.1, 0.15) is 10.4 Å². The average Bonchev–Trinajstić information content (AvgIpc) is 2.33. The summed E-state index contributed by atoms with van der Waals surface area (Å²) < 4.78 is 13.4. The van der Waals surface area contributed by atoms with Gasteiger partial charge < -0.3 is 11.1 Å². The summed E-state index contributed by atoms with van der Waals surface area (Å²) in [7, 11) is 0. The van der Waals surface area contributed by atoms with Crippen molar-refractivity contribution in [3.05, 3.63) is 58.3 Å². The van der Waals surface area contributed by atoms with Crippen molar-refractivity contribution in [3.8, 4) is 0 Å². The molecule has 0 spiro atoms. The van der Waals surface area contributed by atoms with Crippen LogP contribution >= 0.6 is 15.9 Å². The smallest absolute Gasteiger partial charge is 0.257 e. The van der Waals surface area contributed by atoms with Crippen LogP contribution in [0.2, 0.25) is 0 Å². The Hall–Kier alpha value is -1.88. The fourth-order valence-corrected chi connectivity index (χ4v) is 1.93. The number of nitrogens with one attached hydrogen (secondary N) is 1. The highest BCUT2D eigenvalue weighted by molar-refractivity contribution is 9.10. The minimum atomic E-state index is -0.376. The van der Waals surface area contributed by atoms with E-state index in [1.165, 1.54) is 18.2 Å². The standard InChI is InChI=1S/C13H10BrFN2O/c14-10-7-8(15)5-6-12(10)17-13(18)9-3-1-2-4-11(9)16/h1-7H,16H2,(H,17,18). The average molecular weight is 309 g/mol. The first kappa shape index (κ1) is 12.6. The third-order valence-electron chi connectivity index (χ3n) is 2.38. The van der Waals surface area contributed by atoms with Crippen LogP contribution in [0.3, 0.4) is 0 Å². The Morgan fingerprint density at radius 3 is 2.61 bits per heavy atom. The summed E-state index contributed by atoms with van der Waals surface area (Å²) >= 11 is 3.18. The number of hydrogen-bond donors (Lipinski definition) is 2. The number of benzene rings is 2. The van der Waals surface area contributed by atoms with Gasteiger partial charge in [0.2, 0.25) is 0 Å². The van der Waals surface area contributed by atoms with Crippen LogP contribution in [-0.2, 0) is 0 Å². The first-order chi connectivity index (χ1) is 8.58. The molecule has 0 saturated carbocycles. The zero-order valence-corrected chi connectivity index (χ0v) is 10.9. The SMILES string of the molecule is Nc1ccccc1C(=O)Nc1ccc(F)cc1Br. The van der Waals surface area contributed by atoms with Gasteiger partial charge in [-0.15, -0.1) is 0 Å². The van der Waals surface area contributed by atoms with Crippen molar-refractivity contribution in [2.24, 2.45) is 0 Å². The summed E-state index contributed by atoms with van der Waals surface area (Å²) in [6, 6.07) is 10.8. The third-order valence-corrected chi connectivity index (χ3v) is 3.04. The fourth-order valence-electron chi connectivity index (χ4n) is 1.48. The van der Waals surface area contributed by atoms with E-state index < -0.39 is 0 Å². The number of nitrogen functional groups attached to an aromatic ring is 1. The lowest BCUT2D eigenvalue weighted by Crippen LogP contribution is -2.14. The first-order valence-corrected chi connectivity index (χ1v) is 5.98. The Morgan fingerprint density at radius 1 is 1.22 bits per heavy atom. The van der Waals surface area contributed by atoms with Crippen LogP contribution in [-0.4, -0.2) is 5.91 Å². The molecule has 0 aliphatic heterocycles. The molecule has 2 aromatic carbocycles. The molecule has 0 bridgehead atoms. The summed E-state index contributed by atoms with van der Waals surface area (Å²) in [5.41, 5.74) is 6.97. The van der Waals surface area contributed by atoms with Crippen LogP contribution < -0.4 is 11.1 Å². The zero-order chi connectivity index (χ0) is 13.1. The van der Waals surface area contributed by atoms with Gasteiger partial charge in [-0.2, -0.15) is 0 Å². The van der Waals surface area contributed by atoms with Crippen molar-refractivity contribution < 1.29 is 9.18 Å². The second-order valence-electron chi connectivity index (χ2n) is 3.67. The second-order valence-corrected chi connectivity index (χ2v) is 4.52. The Morgan fingerprint density at radius 2 is 1.94 bits per heavy atom. The maximum atomic E-state index is 12.9. The van der Waals surface area contributed by atoms with E-state index in [0.29, 0.717) is 21.4 Å². The van der Waals surface area contributed by atoms with Crippen molar-refractivity contribution in [2.45, 2.75) is 0 Å². The molecule has 3 N–H and O–H groups in total. The van der Waals surface area contributed by atoms with Gasteiger partial charge in [-0.05, 0) is 46.3 Å². The summed E-state index contributed by atoms with van der Waals surface area (Å²) in [5, 5.41) is 2.66. The van der Waals surface area contributed by atoms with Gasteiger partial charge in [0, 0.05) is 10.2 Å². The quantitative estimate of drug-likeness (QED) is 0.835. The van der Waals surface area contributed by atoms with Crippen LogP contribution in [0.25, 0.3) is 0 Å². The lowest BCUT2D eigenvalue weighted by molar-refractivity contribution is 0.102. The van der Waals surface area contributed by atoms with E-state index in [1.54, 1.807) is 24.3 Å². The van der Waals surface area contributed by atoms with Gasteiger partial charge in [-0.3, -0.25) is 4.79 Å². The lowest BCUT2D eigenvalue weighted by atomic mass is 10.1. The molecule has 0 radical (unpaired) electrons. The van der Waals surface area contributed by atoms with Gasteiger partial charge in [0.15, 0.2) is 0 Å². The number of carbonyl (C=O) groups is 1. The Balaban J connectivity index is 2.24. The van der Waals surface area contributed by atoms with Crippen LogP contribution in [0.5, 0.6) is 0 Å². The van der Waals surface area contributed by atoms with Gasteiger partial charge in [0.1, 0.15) is 5.82 Å². The second kappa shape index (κ2) is 5.18. The molecule has 0 aromatic heterocycles. The van der Waals surface area contributed by atoms with E-state index in [2.05, 4.69) is 21.2 Å². The lowest BCUT2D eigenvalue weighted by Gasteiger charge is -2.09. The molecule has 2 aromatic rings. The van der Waals surface area contributed by atoms with Gasteiger partial charge in [0.25, 0.3) is 5.91 Å². The number of halogens is 2. The molecular formula is C13H10BrFN2O. The fraction of sp³-hybridized carbons (Fsp3) is 0. The van der Waals surface area contributed by atoms with Crippen LogP contribution in [0.4, 0.5) is 15.8 Å². The molecule has 2 rings (SSSR count). The van der Waals surface area contributed by atoms with Gasteiger partial charge in [-0.1, -0.05) is 12.1 Å². The molecule has 92 valence electrons. The maximum Gasteiger partial charge on any atom is 0.257 e. The van der Waals surface area contributed by atoms with E-state index in [9.17, 15) is 9.18 Å². The van der Waals surface area contributed by atoms with Gasteiger partial charge in [-0.25, -0.2) is 4.39 Å². The van der Waals surface area contributed by atoms with Crippen LogP contribution in [0.15, 0.2) is 46.9 Å². The van der Waals surface area contributed by atoms with Crippen molar-refractivity contribution >= 4 is 33.2 Å². The van der Waals surface area contributed by atoms with Gasteiger partial charge in [0.05, 0.1) is 11.3 Å². The number of carbonyl (C=O) groups excluding carboxylic acids is 1. The molecule has 5 heteroatoms. The molecule has 0 fully saturated rings. The van der Waals surface area contributed by atoms with E-state index in [1.807, 2.05) is 0 Å². The topological polar surface area (TPSA) is 55.1 Å². The highest BCUT2D eigenvalue weighted by atomic mass is 79.9. The Bertz CT molecular complexity index is 601. The van der Waals surface area contributed by atoms with E-state index in [0.717, 1.165) is 0 Å². The van der Waals surface area contributed by atoms with E-state index >= 15 is 0 Å².